The second-order valence-electron chi connectivity index (χ2n) is 3.09. The second kappa shape index (κ2) is 8.53. The van der Waals surface area contributed by atoms with E-state index in [9.17, 15) is 0 Å². The van der Waals surface area contributed by atoms with Gasteiger partial charge in [0, 0.05) is 13.1 Å². The minimum Gasteiger partial charge on any atom is -0.492 e. The van der Waals surface area contributed by atoms with Gasteiger partial charge >= 0.3 is 0 Å². The van der Waals surface area contributed by atoms with Crippen molar-refractivity contribution in [3.63, 3.8) is 0 Å². The van der Waals surface area contributed by atoms with Crippen LogP contribution in [-0.4, -0.2) is 31.4 Å². The van der Waals surface area contributed by atoms with Crippen LogP contribution in [0.5, 0.6) is 5.75 Å². The molecule has 0 fully saturated rings. The molecule has 1 rings (SSSR count). The van der Waals surface area contributed by atoms with Gasteiger partial charge in [-0.3, -0.25) is 0 Å². The lowest BCUT2D eigenvalue weighted by Gasteiger charge is -2.08. The van der Waals surface area contributed by atoms with E-state index in [2.05, 4.69) is 5.32 Å². The van der Waals surface area contributed by atoms with Crippen molar-refractivity contribution < 1.29 is 9.84 Å². The van der Waals surface area contributed by atoms with Gasteiger partial charge in [0.25, 0.3) is 0 Å². The number of aryl methyl sites for hydroxylation is 1. The van der Waals surface area contributed by atoms with Crippen molar-refractivity contribution in [2.24, 2.45) is 0 Å². The van der Waals surface area contributed by atoms with Crippen LogP contribution in [0.25, 0.3) is 0 Å². The van der Waals surface area contributed by atoms with E-state index >= 15 is 0 Å². The van der Waals surface area contributed by atoms with Gasteiger partial charge in [-0.05, 0) is 18.6 Å². The number of aliphatic hydroxyl groups is 1. The minimum atomic E-state index is 0. The van der Waals surface area contributed by atoms with Crippen molar-refractivity contribution in [3.8, 4) is 5.75 Å². The van der Waals surface area contributed by atoms with Crippen molar-refractivity contribution >= 4 is 12.4 Å². The van der Waals surface area contributed by atoms with E-state index in [-0.39, 0.29) is 19.0 Å². The van der Waals surface area contributed by atoms with Crippen molar-refractivity contribution in [3.05, 3.63) is 29.8 Å². The van der Waals surface area contributed by atoms with E-state index in [4.69, 9.17) is 9.84 Å². The maximum absolute atomic E-state index is 8.52. The average molecular weight is 232 g/mol. The maximum Gasteiger partial charge on any atom is 0.122 e. The Morgan fingerprint density at radius 2 is 2.00 bits per heavy atom. The number of nitrogens with one attached hydrogen (secondary N) is 1. The highest BCUT2D eigenvalue weighted by Crippen LogP contribution is 2.15. The highest BCUT2D eigenvalue weighted by Gasteiger charge is 1.96. The van der Waals surface area contributed by atoms with E-state index in [1.165, 1.54) is 0 Å². The fourth-order valence-corrected chi connectivity index (χ4v) is 1.16. The molecule has 0 radical (unpaired) electrons. The third kappa shape index (κ3) is 5.62. The Labute approximate surface area is 96.9 Å². The molecule has 0 aliphatic heterocycles. The average Bonchev–Trinajstić information content (AvgIpc) is 2.20. The molecule has 15 heavy (non-hydrogen) atoms. The molecule has 86 valence electrons. The molecule has 2 N–H and O–H groups in total. The molecule has 0 heterocycles. The lowest BCUT2D eigenvalue weighted by molar-refractivity contribution is 0.275. The van der Waals surface area contributed by atoms with Crippen LogP contribution in [0.2, 0.25) is 0 Å². The molecular weight excluding hydrogens is 214 g/mol. The van der Waals surface area contributed by atoms with E-state index in [0.717, 1.165) is 17.9 Å². The number of rotatable bonds is 6. The molecule has 4 heteroatoms. The topological polar surface area (TPSA) is 41.5 Å². The summed E-state index contributed by atoms with van der Waals surface area (Å²) in [4.78, 5) is 0. The Bertz CT molecular complexity index is 269. The predicted octanol–water partition coefficient (Wildman–Crippen LogP) is 1.38. The van der Waals surface area contributed by atoms with Gasteiger partial charge in [0.05, 0.1) is 6.61 Å². The smallest absolute Gasteiger partial charge is 0.122 e. The lowest BCUT2D eigenvalue weighted by Crippen LogP contribution is -2.24. The highest BCUT2D eigenvalue weighted by molar-refractivity contribution is 5.85. The van der Waals surface area contributed by atoms with E-state index in [0.29, 0.717) is 13.2 Å². The van der Waals surface area contributed by atoms with Crippen LogP contribution in [-0.2, 0) is 0 Å². The first kappa shape index (κ1) is 14.2. The Balaban J connectivity index is 0.00000196. The first-order valence-corrected chi connectivity index (χ1v) is 4.84. The summed E-state index contributed by atoms with van der Waals surface area (Å²) in [6, 6.07) is 7.94. The number of hydrogen-bond donors (Lipinski definition) is 2. The molecule has 0 aliphatic rings. The van der Waals surface area contributed by atoms with Crippen LogP contribution in [0.15, 0.2) is 24.3 Å². The Morgan fingerprint density at radius 3 is 2.67 bits per heavy atom. The summed E-state index contributed by atoms with van der Waals surface area (Å²) in [5, 5.41) is 11.6. The first-order valence-electron chi connectivity index (χ1n) is 4.84. The van der Waals surface area contributed by atoms with Crippen LogP contribution < -0.4 is 10.1 Å². The maximum atomic E-state index is 8.52. The molecule has 0 unspecified atom stereocenters. The summed E-state index contributed by atoms with van der Waals surface area (Å²) < 4.78 is 5.54. The lowest BCUT2D eigenvalue weighted by atomic mass is 10.2. The predicted molar refractivity (Wildman–Crippen MR) is 63.9 cm³/mol. The molecule has 0 bridgehead atoms. The van der Waals surface area contributed by atoms with E-state index < -0.39 is 0 Å². The number of ether oxygens (including phenoxy) is 1. The van der Waals surface area contributed by atoms with Crippen LogP contribution in [0.3, 0.4) is 0 Å². The summed E-state index contributed by atoms with van der Waals surface area (Å²) in [6.45, 7) is 4.21. The minimum absolute atomic E-state index is 0. The molecule has 0 aliphatic carbocycles. The number of aliphatic hydroxyl groups excluding tert-OH is 1. The van der Waals surface area contributed by atoms with Crippen molar-refractivity contribution in [2.75, 3.05) is 26.3 Å². The van der Waals surface area contributed by atoms with Gasteiger partial charge in [-0.1, -0.05) is 18.2 Å². The normalized spacial score (nSPS) is 9.47. The standard InChI is InChI=1S/C11H17NO2.ClH/c1-10-4-2-3-5-11(10)14-9-7-12-6-8-13;/h2-5,12-13H,6-9H2,1H3;1H. The number of para-hydroxylation sites is 1. The van der Waals surface area contributed by atoms with Gasteiger partial charge in [-0.15, -0.1) is 12.4 Å². The van der Waals surface area contributed by atoms with Gasteiger partial charge in [-0.2, -0.15) is 0 Å². The first-order chi connectivity index (χ1) is 6.84. The molecule has 0 saturated carbocycles. The van der Waals surface area contributed by atoms with Gasteiger partial charge in [0.2, 0.25) is 0 Å². The van der Waals surface area contributed by atoms with E-state index in [1.54, 1.807) is 0 Å². The third-order valence-corrected chi connectivity index (χ3v) is 1.92. The second-order valence-corrected chi connectivity index (χ2v) is 3.09. The third-order valence-electron chi connectivity index (χ3n) is 1.92. The van der Waals surface area contributed by atoms with Crippen molar-refractivity contribution in [2.45, 2.75) is 6.92 Å². The molecule has 1 aromatic rings. The summed E-state index contributed by atoms with van der Waals surface area (Å²) in [6.07, 6.45) is 0. The summed E-state index contributed by atoms with van der Waals surface area (Å²) in [5.74, 6) is 0.929. The Morgan fingerprint density at radius 1 is 1.27 bits per heavy atom. The quantitative estimate of drug-likeness (QED) is 0.727. The van der Waals surface area contributed by atoms with Gasteiger partial charge in [0.15, 0.2) is 0 Å². The molecular formula is C11H18ClNO2. The SMILES string of the molecule is Cc1ccccc1OCCNCCO.Cl. The largest absolute Gasteiger partial charge is 0.492 e. The zero-order valence-corrected chi connectivity index (χ0v) is 9.72. The number of benzene rings is 1. The summed E-state index contributed by atoms with van der Waals surface area (Å²) in [5.41, 5.74) is 1.15. The van der Waals surface area contributed by atoms with Crippen LogP contribution >= 0.6 is 12.4 Å². The van der Waals surface area contributed by atoms with Crippen LogP contribution in [0, 0.1) is 6.92 Å². The molecule has 3 nitrogen and oxygen atoms in total. The monoisotopic (exact) mass is 231 g/mol. The molecule has 0 spiro atoms. The summed E-state index contributed by atoms with van der Waals surface area (Å²) >= 11 is 0. The zero-order valence-electron chi connectivity index (χ0n) is 8.90. The zero-order chi connectivity index (χ0) is 10.2. The van der Waals surface area contributed by atoms with Crippen LogP contribution in [0.4, 0.5) is 0 Å². The Kier molecular flexibility index (Phi) is 8.09. The summed E-state index contributed by atoms with van der Waals surface area (Å²) in [7, 11) is 0. The molecule has 0 aromatic heterocycles. The molecule has 1 aromatic carbocycles. The van der Waals surface area contributed by atoms with Crippen molar-refractivity contribution in [1.29, 1.82) is 0 Å². The molecule has 0 amide bonds. The molecule has 0 atom stereocenters. The van der Waals surface area contributed by atoms with Crippen LogP contribution in [0.1, 0.15) is 5.56 Å². The number of hydrogen-bond acceptors (Lipinski definition) is 3. The Hall–Kier alpha value is -0.770. The van der Waals surface area contributed by atoms with Crippen molar-refractivity contribution in [1.82, 2.24) is 5.32 Å². The van der Waals surface area contributed by atoms with Gasteiger partial charge in [-0.25, -0.2) is 0 Å². The van der Waals surface area contributed by atoms with E-state index in [1.807, 2.05) is 31.2 Å². The fourth-order valence-electron chi connectivity index (χ4n) is 1.16. The molecule has 0 saturated heterocycles. The highest BCUT2D eigenvalue weighted by atomic mass is 35.5. The number of halogens is 1. The van der Waals surface area contributed by atoms with Gasteiger partial charge in [0.1, 0.15) is 12.4 Å². The van der Waals surface area contributed by atoms with Gasteiger partial charge < -0.3 is 15.2 Å². The fraction of sp³-hybridized carbons (Fsp3) is 0.455.